The van der Waals surface area contributed by atoms with E-state index in [1.807, 2.05) is 13.8 Å². The molecule has 1 N–H and O–H groups in total. The normalized spacial score (nSPS) is 14.9. The second kappa shape index (κ2) is 8.20. The maximum Gasteiger partial charge on any atom is 0.260 e. The van der Waals surface area contributed by atoms with Crippen molar-refractivity contribution >= 4 is 11.8 Å². The highest BCUT2D eigenvalue weighted by Crippen LogP contribution is 2.16. The average Bonchev–Trinajstić information content (AvgIpc) is 2.86. The van der Waals surface area contributed by atoms with Crippen molar-refractivity contribution in [1.82, 2.24) is 19.9 Å². The first kappa shape index (κ1) is 18.9. The lowest BCUT2D eigenvalue weighted by Crippen LogP contribution is -2.39. The van der Waals surface area contributed by atoms with Crippen molar-refractivity contribution in [3.05, 3.63) is 51.3 Å². The number of rotatable bonds is 4. The molecule has 0 saturated carbocycles. The number of carbonyl (C=O) groups is 2. The van der Waals surface area contributed by atoms with Crippen molar-refractivity contribution < 1.29 is 14.1 Å². The Morgan fingerprint density at radius 2 is 1.93 bits per heavy atom. The quantitative estimate of drug-likeness (QED) is 0.872. The Balaban J connectivity index is 1.58. The van der Waals surface area contributed by atoms with E-state index in [-0.39, 0.29) is 22.9 Å². The molecule has 0 bridgehead atoms. The number of aryl methyl sites for hydroxylation is 2. The van der Waals surface area contributed by atoms with E-state index < -0.39 is 0 Å². The van der Waals surface area contributed by atoms with Gasteiger partial charge in [0.1, 0.15) is 11.3 Å². The minimum absolute atomic E-state index is 0.0573. The fourth-order valence-corrected chi connectivity index (χ4v) is 3.38. The monoisotopic (exact) mass is 372 g/mol. The number of pyridine rings is 1. The smallest absolute Gasteiger partial charge is 0.260 e. The first-order valence-corrected chi connectivity index (χ1v) is 9.14. The summed E-state index contributed by atoms with van der Waals surface area (Å²) in [5.74, 6) is 0.518. The number of H-pyrrole nitrogens is 1. The fraction of sp³-hybridized carbons (Fsp3) is 0.474. The van der Waals surface area contributed by atoms with E-state index in [9.17, 15) is 14.4 Å². The van der Waals surface area contributed by atoms with Crippen LogP contribution >= 0.6 is 0 Å². The van der Waals surface area contributed by atoms with Gasteiger partial charge in [-0.15, -0.1) is 0 Å². The highest BCUT2D eigenvalue weighted by Gasteiger charge is 2.24. The third-order valence-electron chi connectivity index (χ3n) is 4.95. The second-order valence-electron chi connectivity index (χ2n) is 6.74. The number of hydrogen-bond donors (Lipinski definition) is 1. The van der Waals surface area contributed by atoms with Gasteiger partial charge in [0, 0.05) is 44.4 Å². The third-order valence-corrected chi connectivity index (χ3v) is 4.95. The molecule has 0 radical (unpaired) electrons. The van der Waals surface area contributed by atoms with E-state index in [0.29, 0.717) is 45.4 Å². The van der Waals surface area contributed by atoms with E-state index in [4.69, 9.17) is 4.52 Å². The van der Waals surface area contributed by atoms with E-state index in [1.54, 1.807) is 15.9 Å². The lowest BCUT2D eigenvalue weighted by atomic mass is 10.1. The van der Waals surface area contributed by atoms with Crippen molar-refractivity contribution in [1.29, 1.82) is 0 Å². The maximum absolute atomic E-state index is 12.6. The largest absolute Gasteiger partial charge is 0.361 e. The standard InChI is InChI=1S/C19H24N4O4/c1-13-15(14(2)27-21-13)6-7-17(24)22-9-4-10-23(12-11-22)19(26)16-5-3-8-20-18(16)25/h3,5,8H,4,6-7,9-12H2,1-2H3,(H,20,25). The second-order valence-corrected chi connectivity index (χ2v) is 6.74. The molecule has 1 fully saturated rings. The van der Waals surface area contributed by atoms with Crippen LogP contribution in [0.2, 0.25) is 0 Å². The lowest BCUT2D eigenvalue weighted by Gasteiger charge is -2.22. The van der Waals surface area contributed by atoms with Gasteiger partial charge in [-0.2, -0.15) is 0 Å². The van der Waals surface area contributed by atoms with Crippen LogP contribution in [0.4, 0.5) is 0 Å². The molecule has 144 valence electrons. The molecule has 3 rings (SSSR count). The maximum atomic E-state index is 12.6. The van der Waals surface area contributed by atoms with Crippen LogP contribution in [0.15, 0.2) is 27.6 Å². The summed E-state index contributed by atoms with van der Waals surface area (Å²) in [6.07, 6.45) is 3.17. The van der Waals surface area contributed by atoms with Gasteiger partial charge < -0.3 is 19.3 Å². The van der Waals surface area contributed by atoms with Crippen LogP contribution in [0, 0.1) is 13.8 Å². The molecular weight excluding hydrogens is 348 g/mol. The van der Waals surface area contributed by atoms with Gasteiger partial charge in [0.2, 0.25) is 5.91 Å². The van der Waals surface area contributed by atoms with Crippen molar-refractivity contribution in [3.8, 4) is 0 Å². The zero-order valence-electron chi connectivity index (χ0n) is 15.7. The summed E-state index contributed by atoms with van der Waals surface area (Å²) in [7, 11) is 0. The Morgan fingerprint density at radius 3 is 2.63 bits per heavy atom. The molecule has 8 heteroatoms. The molecule has 2 amide bonds. The van der Waals surface area contributed by atoms with Crippen LogP contribution in [0.25, 0.3) is 0 Å². The van der Waals surface area contributed by atoms with Crippen molar-refractivity contribution in [3.63, 3.8) is 0 Å². The van der Waals surface area contributed by atoms with E-state index in [1.165, 1.54) is 12.3 Å². The Morgan fingerprint density at radius 1 is 1.19 bits per heavy atom. The van der Waals surface area contributed by atoms with E-state index in [0.717, 1.165) is 17.0 Å². The topological polar surface area (TPSA) is 99.5 Å². The molecule has 1 aliphatic rings. The Hall–Kier alpha value is -2.90. The van der Waals surface area contributed by atoms with Crippen LogP contribution in [-0.4, -0.2) is 57.9 Å². The third kappa shape index (κ3) is 4.27. The number of amides is 2. The van der Waals surface area contributed by atoms with Gasteiger partial charge in [-0.1, -0.05) is 5.16 Å². The van der Waals surface area contributed by atoms with E-state index >= 15 is 0 Å². The summed E-state index contributed by atoms with van der Waals surface area (Å²) in [6, 6.07) is 3.16. The number of aromatic amines is 1. The van der Waals surface area contributed by atoms with Gasteiger partial charge >= 0.3 is 0 Å². The molecule has 27 heavy (non-hydrogen) atoms. The highest BCUT2D eigenvalue weighted by atomic mass is 16.5. The van der Waals surface area contributed by atoms with Gasteiger partial charge in [0.05, 0.1) is 5.69 Å². The molecule has 2 aromatic rings. The van der Waals surface area contributed by atoms with Crippen LogP contribution in [0.5, 0.6) is 0 Å². The first-order chi connectivity index (χ1) is 13.0. The summed E-state index contributed by atoms with van der Waals surface area (Å²) in [4.78, 5) is 43.0. The molecular formula is C19H24N4O4. The highest BCUT2D eigenvalue weighted by molar-refractivity contribution is 5.93. The van der Waals surface area contributed by atoms with Crippen LogP contribution in [0.3, 0.4) is 0 Å². The Bertz CT molecular complexity index is 866. The van der Waals surface area contributed by atoms with Gasteiger partial charge in [0.25, 0.3) is 11.5 Å². The Labute approximate surface area is 157 Å². The van der Waals surface area contributed by atoms with E-state index in [2.05, 4.69) is 10.1 Å². The Kier molecular flexibility index (Phi) is 5.73. The predicted octanol–water partition coefficient (Wildman–Crippen LogP) is 1.29. The van der Waals surface area contributed by atoms with Gasteiger partial charge in [-0.25, -0.2) is 0 Å². The average molecular weight is 372 g/mol. The molecule has 1 aliphatic heterocycles. The SMILES string of the molecule is Cc1noc(C)c1CCC(=O)N1CCCN(C(=O)c2ccc[nH]c2=O)CC1. The molecule has 3 heterocycles. The van der Waals surface area contributed by atoms with Gasteiger partial charge in [-0.05, 0) is 38.8 Å². The van der Waals surface area contributed by atoms with Crippen LogP contribution in [-0.2, 0) is 11.2 Å². The minimum atomic E-state index is -0.390. The fourth-order valence-electron chi connectivity index (χ4n) is 3.38. The molecule has 0 unspecified atom stereocenters. The van der Waals surface area contributed by atoms with Crippen molar-refractivity contribution in [2.75, 3.05) is 26.2 Å². The zero-order valence-corrected chi connectivity index (χ0v) is 15.7. The predicted molar refractivity (Wildman–Crippen MR) is 98.5 cm³/mol. The number of nitrogens with zero attached hydrogens (tertiary/aromatic N) is 3. The molecule has 0 aliphatic carbocycles. The number of aromatic nitrogens is 2. The van der Waals surface area contributed by atoms with Gasteiger partial charge in [0.15, 0.2) is 0 Å². The van der Waals surface area contributed by atoms with Crippen LogP contribution in [0.1, 0.15) is 40.2 Å². The number of carbonyl (C=O) groups excluding carboxylic acids is 2. The summed E-state index contributed by atoms with van der Waals surface area (Å²) in [5, 5.41) is 3.91. The first-order valence-electron chi connectivity index (χ1n) is 9.14. The summed E-state index contributed by atoms with van der Waals surface area (Å²) < 4.78 is 5.14. The zero-order chi connectivity index (χ0) is 19.4. The van der Waals surface area contributed by atoms with Crippen molar-refractivity contribution in [2.24, 2.45) is 0 Å². The molecule has 0 atom stereocenters. The number of hydrogen-bond acceptors (Lipinski definition) is 5. The van der Waals surface area contributed by atoms with Crippen LogP contribution < -0.4 is 5.56 Å². The molecule has 0 spiro atoms. The molecule has 1 saturated heterocycles. The lowest BCUT2D eigenvalue weighted by molar-refractivity contribution is -0.131. The summed E-state index contributed by atoms with van der Waals surface area (Å²) in [6.45, 7) is 5.74. The summed E-state index contributed by atoms with van der Waals surface area (Å²) >= 11 is 0. The number of nitrogens with one attached hydrogen (secondary N) is 1. The molecule has 0 aromatic carbocycles. The summed E-state index contributed by atoms with van der Waals surface area (Å²) in [5.41, 5.74) is 1.55. The van der Waals surface area contributed by atoms with Gasteiger partial charge in [-0.3, -0.25) is 14.4 Å². The molecule has 2 aromatic heterocycles. The molecule has 8 nitrogen and oxygen atoms in total. The minimum Gasteiger partial charge on any atom is -0.361 e. The van der Waals surface area contributed by atoms with Crippen molar-refractivity contribution in [2.45, 2.75) is 33.1 Å².